The van der Waals surface area contributed by atoms with E-state index in [4.69, 9.17) is 0 Å². The van der Waals surface area contributed by atoms with Crippen molar-refractivity contribution in [3.63, 3.8) is 0 Å². The largest absolute Gasteiger partial charge is 0.350 e. The van der Waals surface area contributed by atoms with Gasteiger partial charge in [0.05, 0.1) is 6.33 Å². The molecule has 2 aromatic heterocycles. The summed E-state index contributed by atoms with van der Waals surface area (Å²) in [6.07, 6.45) is 8.25. The number of amides is 1. The third-order valence-electron chi connectivity index (χ3n) is 2.65. The molecular formula is C11H16N6O. The van der Waals surface area contributed by atoms with Crippen LogP contribution in [0.1, 0.15) is 19.9 Å². The molecule has 2 heterocycles. The van der Waals surface area contributed by atoms with E-state index in [9.17, 15) is 4.79 Å². The van der Waals surface area contributed by atoms with Crippen LogP contribution >= 0.6 is 0 Å². The van der Waals surface area contributed by atoms with Gasteiger partial charge < -0.3 is 9.88 Å². The van der Waals surface area contributed by atoms with Gasteiger partial charge in [0.25, 0.3) is 0 Å². The van der Waals surface area contributed by atoms with E-state index in [-0.39, 0.29) is 18.0 Å². The Morgan fingerprint density at radius 3 is 2.78 bits per heavy atom. The van der Waals surface area contributed by atoms with E-state index in [1.165, 1.54) is 17.3 Å². The maximum atomic E-state index is 12.0. The molecule has 1 amide bonds. The van der Waals surface area contributed by atoms with Gasteiger partial charge >= 0.3 is 0 Å². The number of imidazole rings is 1. The fourth-order valence-electron chi connectivity index (χ4n) is 1.66. The molecule has 2 unspecified atom stereocenters. The van der Waals surface area contributed by atoms with Gasteiger partial charge in [-0.15, -0.1) is 0 Å². The number of carbonyl (C=O) groups is 1. The minimum atomic E-state index is -0.363. The van der Waals surface area contributed by atoms with Gasteiger partial charge in [-0.2, -0.15) is 5.10 Å². The van der Waals surface area contributed by atoms with Crippen molar-refractivity contribution in [1.29, 1.82) is 0 Å². The fraction of sp³-hybridized carbons (Fsp3) is 0.455. The molecule has 7 heteroatoms. The van der Waals surface area contributed by atoms with Crippen molar-refractivity contribution in [2.75, 3.05) is 0 Å². The minimum Gasteiger partial charge on any atom is -0.350 e. The Morgan fingerprint density at radius 1 is 1.33 bits per heavy atom. The van der Waals surface area contributed by atoms with Crippen molar-refractivity contribution in [1.82, 2.24) is 29.6 Å². The number of aromatic nitrogens is 5. The number of hydrogen-bond donors (Lipinski definition) is 1. The summed E-state index contributed by atoms with van der Waals surface area (Å²) in [5.41, 5.74) is 0. The molecule has 0 aromatic carbocycles. The third kappa shape index (κ3) is 2.93. The standard InChI is InChI=1S/C11H16N6O/c1-9(5-16-4-3-12-7-16)15-11(18)10(2)17-8-13-6-14-17/h3-4,6-10H,5H2,1-2H3,(H,15,18). The van der Waals surface area contributed by atoms with Gasteiger partial charge in [0.1, 0.15) is 18.7 Å². The van der Waals surface area contributed by atoms with Crippen LogP contribution in [0, 0.1) is 0 Å². The third-order valence-corrected chi connectivity index (χ3v) is 2.65. The molecule has 2 rings (SSSR count). The molecule has 18 heavy (non-hydrogen) atoms. The average molecular weight is 248 g/mol. The van der Waals surface area contributed by atoms with E-state index in [0.29, 0.717) is 6.54 Å². The van der Waals surface area contributed by atoms with Crippen LogP contribution in [-0.2, 0) is 11.3 Å². The first-order valence-corrected chi connectivity index (χ1v) is 5.77. The van der Waals surface area contributed by atoms with Crippen LogP contribution in [0.25, 0.3) is 0 Å². The fourth-order valence-corrected chi connectivity index (χ4v) is 1.66. The zero-order valence-corrected chi connectivity index (χ0v) is 10.4. The molecule has 0 saturated carbocycles. The Morgan fingerprint density at radius 2 is 2.17 bits per heavy atom. The minimum absolute atomic E-state index is 0.0256. The van der Waals surface area contributed by atoms with Gasteiger partial charge in [-0.25, -0.2) is 14.6 Å². The van der Waals surface area contributed by atoms with E-state index < -0.39 is 0 Å². The molecular weight excluding hydrogens is 232 g/mol. The highest BCUT2D eigenvalue weighted by molar-refractivity contribution is 5.79. The lowest BCUT2D eigenvalue weighted by molar-refractivity contribution is -0.124. The molecule has 0 spiro atoms. The predicted molar refractivity (Wildman–Crippen MR) is 64.6 cm³/mol. The average Bonchev–Trinajstić information content (AvgIpc) is 2.99. The van der Waals surface area contributed by atoms with Gasteiger partial charge in [-0.05, 0) is 13.8 Å². The number of nitrogens with one attached hydrogen (secondary N) is 1. The van der Waals surface area contributed by atoms with Crippen LogP contribution in [0.5, 0.6) is 0 Å². The first kappa shape index (κ1) is 12.3. The number of hydrogen-bond acceptors (Lipinski definition) is 4. The molecule has 0 aliphatic rings. The topological polar surface area (TPSA) is 77.6 Å². The van der Waals surface area contributed by atoms with Crippen molar-refractivity contribution >= 4 is 5.91 Å². The summed E-state index contributed by atoms with van der Waals surface area (Å²) in [5, 5.41) is 6.88. The Bertz CT molecular complexity index is 478. The number of carbonyl (C=O) groups excluding carboxylic acids is 1. The lowest BCUT2D eigenvalue weighted by Gasteiger charge is -2.17. The van der Waals surface area contributed by atoms with Crippen molar-refractivity contribution in [3.05, 3.63) is 31.4 Å². The van der Waals surface area contributed by atoms with Crippen molar-refractivity contribution in [2.24, 2.45) is 0 Å². The van der Waals surface area contributed by atoms with Gasteiger partial charge in [0.15, 0.2) is 0 Å². The summed E-state index contributed by atoms with van der Waals surface area (Å²) >= 11 is 0. The summed E-state index contributed by atoms with van der Waals surface area (Å²) in [7, 11) is 0. The summed E-state index contributed by atoms with van der Waals surface area (Å²) in [6, 6.07) is -0.338. The quantitative estimate of drug-likeness (QED) is 0.822. The molecule has 0 fully saturated rings. The van der Waals surface area contributed by atoms with Crippen LogP contribution in [-0.4, -0.2) is 36.3 Å². The summed E-state index contributed by atoms with van der Waals surface area (Å²) in [6.45, 7) is 4.43. The number of nitrogens with zero attached hydrogens (tertiary/aromatic N) is 5. The normalized spacial score (nSPS) is 14.1. The van der Waals surface area contributed by atoms with E-state index >= 15 is 0 Å². The van der Waals surface area contributed by atoms with Crippen LogP contribution in [0.3, 0.4) is 0 Å². The van der Waals surface area contributed by atoms with Crippen molar-refractivity contribution in [2.45, 2.75) is 32.5 Å². The van der Waals surface area contributed by atoms with E-state index in [1.807, 2.05) is 17.7 Å². The molecule has 0 aliphatic carbocycles. The second-order valence-electron chi connectivity index (χ2n) is 4.22. The molecule has 0 radical (unpaired) electrons. The van der Waals surface area contributed by atoms with Gasteiger partial charge in [-0.3, -0.25) is 4.79 Å². The smallest absolute Gasteiger partial charge is 0.244 e. The second-order valence-corrected chi connectivity index (χ2v) is 4.22. The SMILES string of the molecule is CC(Cn1ccnc1)NC(=O)C(C)n1cncn1. The first-order chi connectivity index (χ1) is 8.66. The van der Waals surface area contributed by atoms with Crippen LogP contribution in [0.15, 0.2) is 31.4 Å². The molecule has 96 valence electrons. The Hall–Kier alpha value is -2.18. The van der Waals surface area contributed by atoms with Gasteiger partial charge in [0, 0.05) is 25.0 Å². The molecule has 2 atom stereocenters. The summed E-state index contributed by atoms with van der Waals surface area (Å²) in [4.78, 5) is 19.7. The second kappa shape index (κ2) is 5.44. The highest BCUT2D eigenvalue weighted by Crippen LogP contribution is 2.03. The van der Waals surface area contributed by atoms with Crippen LogP contribution < -0.4 is 5.32 Å². The van der Waals surface area contributed by atoms with Crippen LogP contribution in [0.4, 0.5) is 0 Å². The zero-order chi connectivity index (χ0) is 13.0. The summed E-state index contributed by atoms with van der Waals surface area (Å²) < 4.78 is 3.45. The number of rotatable bonds is 5. The highest BCUT2D eigenvalue weighted by atomic mass is 16.2. The van der Waals surface area contributed by atoms with Gasteiger partial charge in [0.2, 0.25) is 5.91 Å². The molecule has 0 saturated heterocycles. The Labute approximate surface area is 105 Å². The maximum absolute atomic E-state index is 12.0. The van der Waals surface area contributed by atoms with E-state index in [1.54, 1.807) is 19.4 Å². The lowest BCUT2D eigenvalue weighted by atomic mass is 10.2. The zero-order valence-electron chi connectivity index (χ0n) is 10.4. The van der Waals surface area contributed by atoms with E-state index in [2.05, 4.69) is 20.4 Å². The van der Waals surface area contributed by atoms with Crippen molar-refractivity contribution in [3.8, 4) is 0 Å². The van der Waals surface area contributed by atoms with Crippen molar-refractivity contribution < 1.29 is 4.79 Å². The summed E-state index contributed by atoms with van der Waals surface area (Å²) in [5.74, 6) is -0.0758. The predicted octanol–water partition coefficient (Wildman–Crippen LogP) is 0.240. The molecule has 7 nitrogen and oxygen atoms in total. The molecule has 2 aromatic rings. The molecule has 0 aliphatic heterocycles. The molecule has 0 bridgehead atoms. The van der Waals surface area contributed by atoms with Gasteiger partial charge in [-0.1, -0.05) is 0 Å². The monoisotopic (exact) mass is 248 g/mol. The first-order valence-electron chi connectivity index (χ1n) is 5.77. The lowest BCUT2D eigenvalue weighted by Crippen LogP contribution is -2.39. The Kier molecular flexibility index (Phi) is 3.71. The molecule has 1 N–H and O–H groups in total. The Balaban J connectivity index is 1.87. The maximum Gasteiger partial charge on any atom is 0.244 e. The van der Waals surface area contributed by atoms with Crippen LogP contribution in [0.2, 0.25) is 0 Å². The van der Waals surface area contributed by atoms with E-state index in [0.717, 1.165) is 0 Å². The highest BCUT2D eigenvalue weighted by Gasteiger charge is 2.17.